The molecule has 1 saturated heterocycles. The van der Waals surface area contributed by atoms with E-state index in [9.17, 15) is 4.79 Å². The maximum Gasteiger partial charge on any atom is 0.319 e. The van der Waals surface area contributed by atoms with E-state index in [0.29, 0.717) is 30.5 Å². The highest BCUT2D eigenvalue weighted by Crippen LogP contribution is 2.28. The van der Waals surface area contributed by atoms with Gasteiger partial charge in [0.15, 0.2) is 5.82 Å². The number of hydrogen-bond acceptors (Lipinski definition) is 5. The van der Waals surface area contributed by atoms with Gasteiger partial charge in [0.2, 0.25) is 0 Å². The number of aryl methyl sites for hydroxylation is 1. The SMILES string of the molecule is O=C(NCc1nnc2n1CCC2)Nc1cc(N2CCOCC2)ccc1Cl. The topological polar surface area (TPSA) is 84.3 Å². The maximum absolute atomic E-state index is 12.3. The van der Waals surface area contributed by atoms with Crippen molar-refractivity contribution < 1.29 is 9.53 Å². The van der Waals surface area contributed by atoms with Crippen LogP contribution in [0.3, 0.4) is 0 Å². The predicted octanol–water partition coefficient (Wildman–Crippen LogP) is 2.04. The zero-order valence-corrected chi connectivity index (χ0v) is 15.1. The van der Waals surface area contributed by atoms with Crippen LogP contribution in [0, 0.1) is 0 Å². The van der Waals surface area contributed by atoms with E-state index in [1.165, 1.54) is 0 Å². The Labute approximate surface area is 156 Å². The van der Waals surface area contributed by atoms with Gasteiger partial charge in [0.25, 0.3) is 0 Å². The smallest absolute Gasteiger partial charge is 0.319 e. The molecule has 138 valence electrons. The number of ether oxygens (including phenoxy) is 1. The summed E-state index contributed by atoms with van der Waals surface area (Å²) in [6.07, 6.45) is 2.02. The van der Waals surface area contributed by atoms with Crippen LogP contribution in [0.1, 0.15) is 18.1 Å². The molecule has 0 aliphatic carbocycles. The highest BCUT2D eigenvalue weighted by atomic mass is 35.5. The molecule has 9 heteroatoms. The Hall–Kier alpha value is -2.32. The fourth-order valence-electron chi connectivity index (χ4n) is 3.29. The lowest BCUT2D eigenvalue weighted by Crippen LogP contribution is -2.36. The summed E-state index contributed by atoms with van der Waals surface area (Å²) in [6, 6.07) is 5.33. The van der Waals surface area contributed by atoms with E-state index in [4.69, 9.17) is 16.3 Å². The standard InChI is InChI=1S/C17H21ClN6O2/c18-13-4-3-12(23-6-8-26-9-7-23)10-14(13)20-17(25)19-11-16-22-21-15-2-1-5-24(15)16/h3-4,10H,1-2,5-9,11H2,(H2,19,20,25). The largest absolute Gasteiger partial charge is 0.378 e. The lowest BCUT2D eigenvalue weighted by atomic mass is 10.2. The average Bonchev–Trinajstić information content (AvgIpc) is 3.27. The van der Waals surface area contributed by atoms with Gasteiger partial charge >= 0.3 is 6.03 Å². The third kappa shape index (κ3) is 3.61. The number of nitrogens with one attached hydrogen (secondary N) is 2. The number of urea groups is 1. The first kappa shape index (κ1) is 17.1. The highest BCUT2D eigenvalue weighted by Gasteiger charge is 2.18. The molecule has 4 rings (SSSR count). The molecule has 26 heavy (non-hydrogen) atoms. The molecule has 1 fully saturated rings. The fourth-order valence-corrected chi connectivity index (χ4v) is 3.46. The second-order valence-corrected chi connectivity index (χ2v) is 6.77. The minimum atomic E-state index is -0.318. The van der Waals surface area contributed by atoms with Crippen LogP contribution >= 0.6 is 11.6 Å². The van der Waals surface area contributed by atoms with Crippen LogP contribution in [0.5, 0.6) is 0 Å². The van der Waals surface area contributed by atoms with E-state index >= 15 is 0 Å². The van der Waals surface area contributed by atoms with Crippen LogP contribution in [0.15, 0.2) is 18.2 Å². The van der Waals surface area contributed by atoms with Crippen molar-refractivity contribution in [2.24, 2.45) is 0 Å². The number of hydrogen-bond donors (Lipinski definition) is 2. The lowest BCUT2D eigenvalue weighted by molar-refractivity contribution is 0.122. The molecule has 1 aromatic heterocycles. The van der Waals surface area contributed by atoms with Gasteiger partial charge in [0.1, 0.15) is 5.82 Å². The van der Waals surface area contributed by atoms with E-state index in [-0.39, 0.29) is 6.03 Å². The van der Waals surface area contributed by atoms with Crippen molar-refractivity contribution in [1.29, 1.82) is 0 Å². The number of carbonyl (C=O) groups excluding carboxylic acids is 1. The molecule has 2 aliphatic heterocycles. The van der Waals surface area contributed by atoms with Gasteiger partial charge in [-0.1, -0.05) is 11.6 Å². The maximum atomic E-state index is 12.3. The molecule has 2 aromatic rings. The molecule has 2 aliphatic rings. The highest BCUT2D eigenvalue weighted by molar-refractivity contribution is 6.33. The summed E-state index contributed by atoms with van der Waals surface area (Å²) in [4.78, 5) is 14.5. The fraction of sp³-hybridized carbons (Fsp3) is 0.471. The molecule has 0 saturated carbocycles. The molecular formula is C17H21ClN6O2. The number of nitrogens with zero attached hydrogens (tertiary/aromatic N) is 4. The van der Waals surface area contributed by atoms with Crippen molar-refractivity contribution in [2.45, 2.75) is 25.9 Å². The summed E-state index contributed by atoms with van der Waals surface area (Å²) in [5.74, 6) is 1.77. The van der Waals surface area contributed by atoms with Crippen LogP contribution in [0.2, 0.25) is 5.02 Å². The molecule has 2 amide bonds. The van der Waals surface area contributed by atoms with Crippen molar-refractivity contribution in [1.82, 2.24) is 20.1 Å². The van der Waals surface area contributed by atoms with Gasteiger partial charge in [0, 0.05) is 31.7 Å². The third-order valence-corrected chi connectivity index (χ3v) is 5.00. The first-order chi connectivity index (χ1) is 12.7. The molecule has 0 spiro atoms. The summed E-state index contributed by atoms with van der Waals surface area (Å²) < 4.78 is 7.44. The molecule has 0 atom stereocenters. The van der Waals surface area contributed by atoms with Gasteiger partial charge in [-0.3, -0.25) is 0 Å². The second kappa shape index (κ2) is 7.51. The summed E-state index contributed by atoms with van der Waals surface area (Å²) >= 11 is 6.24. The van der Waals surface area contributed by atoms with Crippen LogP contribution < -0.4 is 15.5 Å². The van der Waals surface area contributed by atoms with Crippen molar-refractivity contribution in [2.75, 3.05) is 36.5 Å². The van der Waals surface area contributed by atoms with E-state index < -0.39 is 0 Å². The minimum absolute atomic E-state index is 0.318. The number of anilines is 2. The third-order valence-electron chi connectivity index (χ3n) is 4.67. The Morgan fingerprint density at radius 2 is 2.08 bits per heavy atom. The quantitative estimate of drug-likeness (QED) is 0.853. The molecule has 3 heterocycles. The first-order valence-electron chi connectivity index (χ1n) is 8.79. The normalized spacial score (nSPS) is 16.4. The van der Waals surface area contributed by atoms with Crippen molar-refractivity contribution in [3.05, 3.63) is 34.9 Å². The van der Waals surface area contributed by atoms with E-state index in [2.05, 4.69) is 30.3 Å². The Balaban J connectivity index is 1.38. The second-order valence-electron chi connectivity index (χ2n) is 6.36. The average molecular weight is 377 g/mol. The number of aromatic nitrogens is 3. The van der Waals surface area contributed by atoms with E-state index in [1.807, 2.05) is 12.1 Å². The summed E-state index contributed by atoms with van der Waals surface area (Å²) in [6.45, 7) is 4.30. The molecule has 1 aromatic carbocycles. The molecule has 0 radical (unpaired) electrons. The minimum Gasteiger partial charge on any atom is -0.378 e. The number of benzene rings is 1. The van der Waals surface area contributed by atoms with Gasteiger partial charge in [-0.15, -0.1) is 10.2 Å². The van der Waals surface area contributed by atoms with Crippen LogP contribution in [-0.2, 0) is 24.2 Å². The Bertz CT molecular complexity index is 803. The first-order valence-corrected chi connectivity index (χ1v) is 9.16. The van der Waals surface area contributed by atoms with Gasteiger partial charge in [0.05, 0.1) is 30.5 Å². The Kier molecular flexibility index (Phi) is 4.94. The zero-order valence-electron chi connectivity index (χ0n) is 14.4. The molecule has 0 unspecified atom stereocenters. The lowest BCUT2D eigenvalue weighted by Gasteiger charge is -2.29. The summed E-state index contributed by atoms with van der Waals surface area (Å²) in [5, 5.41) is 14.4. The number of halogens is 1. The monoisotopic (exact) mass is 376 g/mol. The Morgan fingerprint density at radius 1 is 1.23 bits per heavy atom. The number of rotatable bonds is 4. The van der Waals surface area contributed by atoms with Crippen molar-refractivity contribution in [3.63, 3.8) is 0 Å². The summed E-state index contributed by atoms with van der Waals surface area (Å²) in [5.41, 5.74) is 1.60. The number of fused-ring (bicyclic) bond motifs is 1. The zero-order chi connectivity index (χ0) is 17.9. The van der Waals surface area contributed by atoms with Gasteiger partial charge in [-0.2, -0.15) is 0 Å². The van der Waals surface area contributed by atoms with Gasteiger partial charge < -0.3 is 24.8 Å². The molecule has 0 bridgehead atoms. The van der Waals surface area contributed by atoms with Crippen molar-refractivity contribution >= 4 is 29.0 Å². The number of amides is 2. The van der Waals surface area contributed by atoms with Gasteiger partial charge in [-0.05, 0) is 24.6 Å². The molecular weight excluding hydrogens is 356 g/mol. The number of carbonyl (C=O) groups is 1. The van der Waals surface area contributed by atoms with Crippen LogP contribution in [0.4, 0.5) is 16.2 Å². The summed E-state index contributed by atoms with van der Waals surface area (Å²) in [7, 11) is 0. The predicted molar refractivity (Wildman–Crippen MR) is 98.7 cm³/mol. The van der Waals surface area contributed by atoms with Crippen LogP contribution in [-0.4, -0.2) is 47.1 Å². The Morgan fingerprint density at radius 3 is 2.92 bits per heavy atom. The molecule has 2 N–H and O–H groups in total. The van der Waals surface area contributed by atoms with Crippen molar-refractivity contribution in [3.8, 4) is 0 Å². The van der Waals surface area contributed by atoms with Crippen LogP contribution in [0.25, 0.3) is 0 Å². The molecule has 8 nitrogen and oxygen atoms in total. The van der Waals surface area contributed by atoms with E-state index in [0.717, 1.165) is 49.8 Å². The van der Waals surface area contributed by atoms with Gasteiger partial charge in [-0.25, -0.2) is 4.79 Å². The van der Waals surface area contributed by atoms with E-state index in [1.54, 1.807) is 6.07 Å². The number of morpholine rings is 1.